The Morgan fingerprint density at radius 1 is 1.75 bits per heavy atom. The molecule has 0 saturated carbocycles. The standard InChI is InChI=1S/C7H11N3O2/c1-5-6(4-10(2)8-5)7(11)9-12-3/h4H,1-3H3,(H,9,11). The van der Waals surface area contributed by atoms with Gasteiger partial charge in [0.05, 0.1) is 18.4 Å². The number of hydroxylamine groups is 1. The van der Waals surface area contributed by atoms with Gasteiger partial charge >= 0.3 is 0 Å². The Balaban J connectivity index is 2.87. The number of carbonyl (C=O) groups is 1. The molecule has 0 aromatic carbocycles. The van der Waals surface area contributed by atoms with Gasteiger partial charge in [0.1, 0.15) is 0 Å². The van der Waals surface area contributed by atoms with E-state index in [9.17, 15) is 4.79 Å². The number of aryl methyl sites for hydroxylation is 2. The minimum atomic E-state index is -0.275. The van der Waals surface area contributed by atoms with Crippen molar-refractivity contribution in [3.63, 3.8) is 0 Å². The third kappa shape index (κ3) is 1.62. The zero-order valence-electron chi connectivity index (χ0n) is 7.29. The fourth-order valence-corrected chi connectivity index (χ4v) is 0.970. The van der Waals surface area contributed by atoms with E-state index in [1.165, 1.54) is 7.11 Å². The van der Waals surface area contributed by atoms with Gasteiger partial charge in [-0.2, -0.15) is 5.10 Å². The number of carbonyl (C=O) groups excluding carboxylic acids is 1. The van der Waals surface area contributed by atoms with Crippen LogP contribution in [0.2, 0.25) is 0 Å². The molecule has 0 aliphatic heterocycles. The molecule has 5 nitrogen and oxygen atoms in total. The number of rotatable bonds is 2. The quantitative estimate of drug-likeness (QED) is 0.635. The Hall–Kier alpha value is -1.36. The number of nitrogens with one attached hydrogen (secondary N) is 1. The van der Waals surface area contributed by atoms with Crippen LogP contribution in [0.5, 0.6) is 0 Å². The van der Waals surface area contributed by atoms with Gasteiger partial charge in [0, 0.05) is 13.2 Å². The molecule has 0 fully saturated rings. The highest BCUT2D eigenvalue weighted by molar-refractivity contribution is 5.94. The number of amides is 1. The highest BCUT2D eigenvalue weighted by atomic mass is 16.6. The lowest BCUT2D eigenvalue weighted by molar-refractivity contribution is 0.0537. The summed E-state index contributed by atoms with van der Waals surface area (Å²) in [5.41, 5.74) is 3.44. The summed E-state index contributed by atoms with van der Waals surface area (Å²) < 4.78 is 1.58. The molecule has 1 heterocycles. The van der Waals surface area contributed by atoms with Crippen molar-refractivity contribution < 1.29 is 9.63 Å². The average Bonchev–Trinajstić information content (AvgIpc) is 2.30. The molecule has 0 aliphatic rings. The van der Waals surface area contributed by atoms with Crippen molar-refractivity contribution in [2.45, 2.75) is 6.92 Å². The third-order valence-electron chi connectivity index (χ3n) is 1.45. The maximum absolute atomic E-state index is 11.2. The van der Waals surface area contributed by atoms with Crippen LogP contribution in [0.3, 0.4) is 0 Å². The first-order valence-electron chi connectivity index (χ1n) is 3.48. The van der Waals surface area contributed by atoms with Crippen LogP contribution in [0.15, 0.2) is 6.20 Å². The lowest BCUT2D eigenvalue weighted by atomic mass is 10.2. The van der Waals surface area contributed by atoms with Gasteiger partial charge in [0.25, 0.3) is 5.91 Å². The van der Waals surface area contributed by atoms with Crippen molar-refractivity contribution >= 4 is 5.91 Å². The highest BCUT2D eigenvalue weighted by Gasteiger charge is 2.11. The van der Waals surface area contributed by atoms with Crippen molar-refractivity contribution in [2.75, 3.05) is 7.11 Å². The Labute approximate surface area is 70.3 Å². The van der Waals surface area contributed by atoms with Gasteiger partial charge in [-0.1, -0.05) is 0 Å². The Morgan fingerprint density at radius 2 is 2.42 bits per heavy atom. The maximum Gasteiger partial charge on any atom is 0.278 e. The second kappa shape index (κ2) is 3.36. The van der Waals surface area contributed by atoms with Crippen LogP contribution in [0.25, 0.3) is 0 Å². The largest absolute Gasteiger partial charge is 0.278 e. The van der Waals surface area contributed by atoms with E-state index >= 15 is 0 Å². The zero-order valence-corrected chi connectivity index (χ0v) is 7.29. The van der Waals surface area contributed by atoms with Gasteiger partial charge in [-0.3, -0.25) is 14.3 Å². The number of aromatic nitrogens is 2. The van der Waals surface area contributed by atoms with Crippen LogP contribution in [-0.4, -0.2) is 22.8 Å². The van der Waals surface area contributed by atoms with Crippen LogP contribution < -0.4 is 5.48 Å². The summed E-state index contributed by atoms with van der Waals surface area (Å²) in [6, 6.07) is 0. The van der Waals surface area contributed by atoms with E-state index in [0.29, 0.717) is 11.3 Å². The first-order valence-corrected chi connectivity index (χ1v) is 3.48. The van der Waals surface area contributed by atoms with Crippen LogP contribution >= 0.6 is 0 Å². The van der Waals surface area contributed by atoms with Crippen molar-refractivity contribution in [3.05, 3.63) is 17.5 Å². The molecule has 0 atom stereocenters. The Morgan fingerprint density at radius 3 is 2.83 bits per heavy atom. The molecular weight excluding hydrogens is 158 g/mol. The topological polar surface area (TPSA) is 56.1 Å². The Kier molecular flexibility index (Phi) is 2.44. The highest BCUT2D eigenvalue weighted by Crippen LogP contribution is 2.03. The molecular formula is C7H11N3O2. The van der Waals surface area contributed by atoms with Gasteiger partial charge in [-0.15, -0.1) is 0 Å². The maximum atomic E-state index is 11.2. The third-order valence-corrected chi connectivity index (χ3v) is 1.45. The number of hydrogen-bond donors (Lipinski definition) is 1. The van der Waals surface area contributed by atoms with Gasteiger partial charge in [-0.05, 0) is 6.92 Å². The molecule has 0 aliphatic carbocycles. The fraction of sp³-hybridized carbons (Fsp3) is 0.429. The molecule has 0 unspecified atom stereocenters. The van der Waals surface area contributed by atoms with Crippen LogP contribution in [0, 0.1) is 6.92 Å². The smallest absolute Gasteiger partial charge is 0.277 e. The SMILES string of the molecule is CONC(=O)c1cn(C)nc1C. The normalized spacial score (nSPS) is 9.92. The van der Waals surface area contributed by atoms with E-state index in [1.807, 2.05) is 0 Å². The molecule has 1 rings (SSSR count). The van der Waals surface area contributed by atoms with Gasteiger partial charge in [-0.25, -0.2) is 5.48 Å². The van der Waals surface area contributed by atoms with Crippen LogP contribution in [0.4, 0.5) is 0 Å². The van der Waals surface area contributed by atoms with Crippen LogP contribution in [0.1, 0.15) is 16.1 Å². The predicted octanol–water partition coefficient (Wildman–Crippen LogP) is 0.0197. The summed E-state index contributed by atoms with van der Waals surface area (Å²) in [6.45, 7) is 1.77. The van der Waals surface area contributed by atoms with E-state index in [0.717, 1.165) is 0 Å². The first-order chi connectivity index (χ1) is 5.65. The van der Waals surface area contributed by atoms with E-state index in [-0.39, 0.29) is 5.91 Å². The predicted molar refractivity (Wildman–Crippen MR) is 42.4 cm³/mol. The lowest BCUT2D eigenvalue weighted by Gasteiger charge is -1.98. The average molecular weight is 169 g/mol. The summed E-state index contributed by atoms with van der Waals surface area (Å²) in [6.07, 6.45) is 1.64. The Bertz CT molecular complexity index is 293. The van der Waals surface area contributed by atoms with Crippen molar-refractivity contribution in [3.8, 4) is 0 Å². The summed E-state index contributed by atoms with van der Waals surface area (Å²) in [5, 5.41) is 4.01. The molecule has 0 saturated heterocycles. The molecule has 0 spiro atoms. The summed E-state index contributed by atoms with van der Waals surface area (Å²) in [7, 11) is 3.15. The first kappa shape index (κ1) is 8.73. The monoisotopic (exact) mass is 169 g/mol. The number of nitrogens with zero attached hydrogens (tertiary/aromatic N) is 2. The second-order valence-corrected chi connectivity index (χ2v) is 2.44. The summed E-state index contributed by atoms with van der Waals surface area (Å²) >= 11 is 0. The van der Waals surface area contributed by atoms with Crippen molar-refractivity contribution in [1.82, 2.24) is 15.3 Å². The molecule has 5 heteroatoms. The fourth-order valence-electron chi connectivity index (χ4n) is 0.970. The van der Waals surface area contributed by atoms with Crippen molar-refractivity contribution in [1.29, 1.82) is 0 Å². The van der Waals surface area contributed by atoms with Gasteiger partial charge < -0.3 is 0 Å². The molecule has 1 aromatic rings. The van der Waals surface area contributed by atoms with E-state index in [2.05, 4.69) is 15.4 Å². The molecule has 66 valence electrons. The van der Waals surface area contributed by atoms with Crippen molar-refractivity contribution in [2.24, 2.45) is 7.05 Å². The lowest BCUT2D eigenvalue weighted by Crippen LogP contribution is -2.22. The van der Waals surface area contributed by atoms with E-state index in [4.69, 9.17) is 0 Å². The van der Waals surface area contributed by atoms with Gasteiger partial charge in [0.2, 0.25) is 0 Å². The molecule has 12 heavy (non-hydrogen) atoms. The molecule has 1 amide bonds. The number of hydrogen-bond acceptors (Lipinski definition) is 3. The molecule has 1 N–H and O–H groups in total. The van der Waals surface area contributed by atoms with E-state index in [1.54, 1.807) is 24.9 Å². The molecule has 0 radical (unpaired) electrons. The minimum Gasteiger partial charge on any atom is -0.277 e. The van der Waals surface area contributed by atoms with E-state index < -0.39 is 0 Å². The summed E-state index contributed by atoms with van der Waals surface area (Å²) in [5.74, 6) is -0.275. The second-order valence-electron chi connectivity index (χ2n) is 2.44. The molecule has 1 aromatic heterocycles. The van der Waals surface area contributed by atoms with Gasteiger partial charge in [0.15, 0.2) is 0 Å². The minimum absolute atomic E-state index is 0.275. The molecule has 0 bridgehead atoms. The zero-order chi connectivity index (χ0) is 9.14. The van der Waals surface area contributed by atoms with Crippen LogP contribution in [-0.2, 0) is 11.9 Å². The summed E-state index contributed by atoms with van der Waals surface area (Å²) in [4.78, 5) is 15.7.